The number of esters is 1. The molecule has 0 bridgehead atoms. The zero-order chi connectivity index (χ0) is 17.8. The fraction of sp³-hybridized carbons (Fsp3) is 0.471. The number of hydrogen-bond donors (Lipinski definition) is 0. The smallest absolute Gasteiger partial charge is 0.310 e. The lowest BCUT2D eigenvalue weighted by Crippen LogP contribution is -2.45. The van der Waals surface area contributed by atoms with Crippen molar-refractivity contribution in [2.24, 2.45) is 5.92 Å². The first-order valence-electron chi connectivity index (χ1n) is 8.37. The van der Waals surface area contributed by atoms with Crippen LogP contribution in [0.15, 0.2) is 29.1 Å². The van der Waals surface area contributed by atoms with Gasteiger partial charge in [0.25, 0.3) is 5.56 Å². The van der Waals surface area contributed by atoms with Crippen molar-refractivity contribution in [3.05, 3.63) is 34.6 Å². The number of carbonyl (C=O) groups excluding carboxylic acids is 2. The van der Waals surface area contributed by atoms with E-state index in [0.29, 0.717) is 37.0 Å². The van der Waals surface area contributed by atoms with E-state index in [1.54, 1.807) is 36.1 Å². The fourth-order valence-electron chi connectivity index (χ4n) is 3.01. The molecule has 0 spiro atoms. The topological polar surface area (TPSA) is 94.4 Å². The first kappa shape index (κ1) is 17.1. The number of ether oxygens (including phenoxy) is 1. The van der Waals surface area contributed by atoms with E-state index in [1.807, 2.05) is 0 Å². The van der Waals surface area contributed by atoms with Gasteiger partial charge in [-0.15, -0.1) is 5.10 Å². The van der Waals surface area contributed by atoms with Crippen molar-refractivity contribution in [1.82, 2.24) is 19.9 Å². The molecule has 3 rings (SSSR count). The van der Waals surface area contributed by atoms with Crippen LogP contribution < -0.4 is 5.56 Å². The van der Waals surface area contributed by atoms with Crippen molar-refractivity contribution in [3.8, 4) is 0 Å². The van der Waals surface area contributed by atoms with Gasteiger partial charge in [-0.1, -0.05) is 17.3 Å². The molecule has 0 N–H and O–H groups in total. The van der Waals surface area contributed by atoms with Gasteiger partial charge in [0, 0.05) is 13.1 Å². The van der Waals surface area contributed by atoms with Crippen LogP contribution in [0.5, 0.6) is 0 Å². The highest BCUT2D eigenvalue weighted by atomic mass is 16.5. The Morgan fingerprint density at radius 1 is 1.32 bits per heavy atom. The lowest BCUT2D eigenvalue weighted by molar-refractivity contribution is -0.151. The maximum Gasteiger partial charge on any atom is 0.310 e. The van der Waals surface area contributed by atoms with Crippen molar-refractivity contribution in [2.45, 2.75) is 26.3 Å². The SMILES string of the molecule is CCOC(=O)C1CCCN(C(=O)Cn2nnc3ccccc3c2=O)C1. The summed E-state index contributed by atoms with van der Waals surface area (Å²) in [6.45, 7) is 2.77. The summed E-state index contributed by atoms with van der Waals surface area (Å²) in [5.74, 6) is -0.833. The van der Waals surface area contributed by atoms with Gasteiger partial charge >= 0.3 is 5.97 Å². The number of hydrogen-bond acceptors (Lipinski definition) is 6. The molecule has 25 heavy (non-hydrogen) atoms. The summed E-state index contributed by atoms with van der Waals surface area (Å²) in [5, 5.41) is 8.24. The van der Waals surface area contributed by atoms with Gasteiger partial charge in [0.05, 0.1) is 17.9 Å². The monoisotopic (exact) mass is 344 g/mol. The minimum absolute atomic E-state index is 0.188. The van der Waals surface area contributed by atoms with E-state index < -0.39 is 0 Å². The molecule has 1 aromatic heterocycles. The Morgan fingerprint density at radius 3 is 2.92 bits per heavy atom. The van der Waals surface area contributed by atoms with Gasteiger partial charge in [0.2, 0.25) is 5.91 Å². The van der Waals surface area contributed by atoms with Gasteiger partial charge in [-0.25, -0.2) is 4.68 Å². The molecule has 1 aliphatic heterocycles. The summed E-state index contributed by atoms with van der Waals surface area (Å²) in [5.41, 5.74) is 0.148. The summed E-state index contributed by atoms with van der Waals surface area (Å²) in [4.78, 5) is 38.4. The quantitative estimate of drug-likeness (QED) is 0.754. The predicted molar refractivity (Wildman–Crippen MR) is 89.7 cm³/mol. The fourth-order valence-corrected chi connectivity index (χ4v) is 3.01. The zero-order valence-corrected chi connectivity index (χ0v) is 14.1. The molecule has 0 aliphatic carbocycles. The van der Waals surface area contributed by atoms with Crippen molar-refractivity contribution < 1.29 is 14.3 Å². The predicted octanol–water partition coefficient (Wildman–Crippen LogP) is 0.593. The van der Waals surface area contributed by atoms with E-state index in [0.717, 1.165) is 11.1 Å². The summed E-state index contributed by atoms with van der Waals surface area (Å²) >= 11 is 0. The van der Waals surface area contributed by atoms with Gasteiger partial charge in [-0.05, 0) is 31.9 Å². The van der Waals surface area contributed by atoms with Crippen molar-refractivity contribution >= 4 is 22.8 Å². The molecule has 1 amide bonds. The van der Waals surface area contributed by atoms with Crippen LogP contribution in [0.4, 0.5) is 0 Å². The van der Waals surface area contributed by atoms with Crippen LogP contribution in [-0.2, 0) is 20.9 Å². The molecule has 8 heteroatoms. The molecule has 2 aromatic rings. The molecule has 1 atom stereocenters. The Balaban J connectivity index is 1.73. The van der Waals surface area contributed by atoms with Crippen molar-refractivity contribution in [3.63, 3.8) is 0 Å². The Labute approximate surface area is 144 Å². The van der Waals surface area contributed by atoms with Crippen LogP contribution in [0.3, 0.4) is 0 Å². The number of carbonyl (C=O) groups is 2. The largest absolute Gasteiger partial charge is 0.466 e. The molecule has 1 unspecified atom stereocenters. The van der Waals surface area contributed by atoms with E-state index in [9.17, 15) is 14.4 Å². The molecular weight excluding hydrogens is 324 g/mol. The Hall–Kier alpha value is -2.77. The molecule has 0 saturated carbocycles. The summed E-state index contributed by atoms with van der Waals surface area (Å²) in [7, 11) is 0. The Morgan fingerprint density at radius 2 is 2.12 bits per heavy atom. The van der Waals surface area contributed by atoms with Gasteiger partial charge in [0.15, 0.2) is 0 Å². The normalized spacial score (nSPS) is 17.5. The second-order valence-electron chi connectivity index (χ2n) is 6.00. The van der Waals surface area contributed by atoms with Crippen LogP contribution in [0.2, 0.25) is 0 Å². The Kier molecular flexibility index (Phi) is 5.06. The van der Waals surface area contributed by atoms with Gasteiger partial charge in [0.1, 0.15) is 12.1 Å². The zero-order valence-electron chi connectivity index (χ0n) is 14.1. The van der Waals surface area contributed by atoms with E-state index in [1.165, 1.54) is 0 Å². The van der Waals surface area contributed by atoms with Crippen LogP contribution in [0, 0.1) is 5.92 Å². The van der Waals surface area contributed by atoms with Gasteiger partial charge in [-0.2, -0.15) is 0 Å². The van der Waals surface area contributed by atoms with E-state index in [-0.39, 0.29) is 29.9 Å². The average Bonchev–Trinajstić information content (AvgIpc) is 2.64. The first-order chi connectivity index (χ1) is 12.1. The van der Waals surface area contributed by atoms with E-state index in [2.05, 4.69) is 10.3 Å². The number of benzene rings is 1. The molecule has 0 radical (unpaired) electrons. The van der Waals surface area contributed by atoms with Crippen LogP contribution >= 0.6 is 0 Å². The molecule has 1 saturated heterocycles. The number of piperidine rings is 1. The number of fused-ring (bicyclic) bond motifs is 1. The Bertz CT molecular complexity index is 848. The third kappa shape index (κ3) is 3.67. The number of nitrogens with zero attached hydrogens (tertiary/aromatic N) is 4. The summed E-state index contributed by atoms with van der Waals surface area (Å²) in [6.07, 6.45) is 1.44. The number of likely N-dealkylation sites (tertiary alicyclic amines) is 1. The summed E-state index contributed by atoms with van der Waals surface area (Å²) < 4.78 is 6.11. The average molecular weight is 344 g/mol. The lowest BCUT2D eigenvalue weighted by atomic mass is 9.98. The van der Waals surface area contributed by atoms with Crippen LogP contribution in [0.25, 0.3) is 10.9 Å². The second-order valence-corrected chi connectivity index (χ2v) is 6.00. The first-order valence-corrected chi connectivity index (χ1v) is 8.37. The minimum atomic E-state index is -0.349. The molecule has 2 heterocycles. The molecule has 8 nitrogen and oxygen atoms in total. The number of aromatic nitrogens is 3. The third-order valence-electron chi connectivity index (χ3n) is 4.31. The third-order valence-corrected chi connectivity index (χ3v) is 4.31. The molecular formula is C17H20N4O4. The highest BCUT2D eigenvalue weighted by Crippen LogP contribution is 2.18. The molecule has 1 aliphatic rings. The van der Waals surface area contributed by atoms with E-state index >= 15 is 0 Å². The summed E-state index contributed by atoms with van der Waals surface area (Å²) in [6, 6.07) is 6.87. The molecule has 1 fully saturated rings. The maximum absolute atomic E-state index is 12.5. The number of rotatable bonds is 4. The van der Waals surface area contributed by atoms with Crippen LogP contribution in [-0.4, -0.2) is 51.5 Å². The van der Waals surface area contributed by atoms with Crippen molar-refractivity contribution in [1.29, 1.82) is 0 Å². The standard InChI is InChI=1S/C17H20N4O4/c1-2-25-17(24)12-6-5-9-20(10-12)15(22)11-21-16(23)13-7-3-4-8-14(13)18-19-21/h3-4,7-8,12H,2,5-6,9-11H2,1H3. The lowest BCUT2D eigenvalue weighted by Gasteiger charge is -2.31. The van der Waals surface area contributed by atoms with E-state index in [4.69, 9.17) is 4.74 Å². The van der Waals surface area contributed by atoms with Gasteiger partial charge in [-0.3, -0.25) is 14.4 Å². The maximum atomic E-state index is 12.5. The highest BCUT2D eigenvalue weighted by Gasteiger charge is 2.29. The number of amides is 1. The molecule has 1 aromatic carbocycles. The second kappa shape index (κ2) is 7.42. The van der Waals surface area contributed by atoms with Crippen LogP contribution in [0.1, 0.15) is 19.8 Å². The minimum Gasteiger partial charge on any atom is -0.466 e. The van der Waals surface area contributed by atoms with Gasteiger partial charge < -0.3 is 9.64 Å². The molecule has 132 valence electrons. The van der Waals surface area contributed by atoms with Crippen molar-refractivity contribution in [2.75, 3.05) is 19.7 Å². The highest BCUT2D eigenvalue weighted by molar-refractivity contribution is 5.79.